The van der Waals surface area contributed by atoms with E-state index < -0.39 is 9.84 Å². The Bertz CT molecular complexity index is 327. The zero-order valence-electron chi connectivity index (χ0n) is 11.7. The average molecular weight is 295 g/mol. The van der Waals surface area contributed by atoms with E-state index >= 15 is 0 Å². The molecule has 2 nitrogen and oxygen atoms in total. The van der Waals surface area contributed by atoms with Gasteiger partial charge >= 0.3 is 0 Å². The number of rotatable bonds is 7. The van der Waals surface area contributed by atoms with Crippen molar-refractivity contribution in [1.82, 2.24) is 0 Å². The van der Waals surface area contributed by atoms with Crippen LogP contribution in [0.4, 0.5) is 0 Å². The topological polar surface area (TPSA) is 34.1 Å². The Morgan fingerprint density at radius 1 is 1.17 bits per heavy atom. The van der Waals surface area contributed by atoms with E-state index in [1.165, 1.54) is 25.7 Å². The Morgan fingerprint density at radius 2 is 1.89 bits per heavy atom. The Hall–Kier alpha value is 0.240. The maximum Gasteiger partial charge on any atom is 0.150 e. The van der Waals surface area contributed by atoms with Crippen molar-refractivity contribution in [3.8, 4) is 0 Å². The molecule has 0 heterocycles. The first-order valence-corrected chi connectivity index (χ1v) is 9.58. The fourth-order valence-electron chi connectivity index (χ4n) is 3.00. The second-order valence-electron chi connectivity index (χ2n) is 5.62. The second kappa shape index (κ2) is 7.74. The Morgan fingerprint density at radius 3 is 2.50 bits per heavy atom. The number of halogens is 1. The number of sulfone groups is 1. The molecule has 0 bridgehead atoms. The Labute approximate surface area is 117 Å². The van der Waals surface area contributed by atoms with Gasteiger partial charge in [0.05, 0.1) is 5.75 Å². The normalized spacial score (nSPS) is 29.4. The number of alkyl halides is 1. The van der Waals surface area contributed by atoms with Crippen LogP contribution in [0.5, 0.6) is 0 Å². The van der Waals surface area contributed by atoms with Crippen LogP contribution in [-0.4, -0.2) is 25.3 Å². The van der Waals surface area contributed by atoms with Crippen LogP contribution in [0.2, 0.25) is 0 Å². The lowest BCUT2D eigenvalue weighted by Gasteiger charge is -2.33. The molecular weight excluding hydrogens is 268 g/mol. The summed E-state index contributed by atoms with van der Waals surface area (Å²) in [5, 5.41) is 0.266. The molecular formula is C14H27ClO2S. The van der Waals surface area contributed by atoms with Crippen LogP contribution < -0.4 is 0 Å². The highest BCUT2D eigenvalue weighted by Crippen LogP contribution is 2.37. The SMILES string of the molecule is CCCC1CCC(Cl)C(CCCS(=O)(=O)CC)C1. The fraction of sp³-hybridized carbons (Fsp3) is 1.00. The minimum atomic E-state index is -2.80. The summed E-state index contributed by atoms with van der Waals surface area (Å²) in [6.45, 7) is 3.95. The lowest BCUT2D eigenvalue weighted by molar-refractivity contribution is 0.247. The molecule has 0 spiro atoms. The standard InChI is InChI=1S/C14H27ClO2S/c1-3-6-12-8-9-14(15)13(11-12)7-5-10-18(16,17)4-2/h12-14H,3-11H2,1-2H3. The smallest absolute Gasteiger partial charge is 0.150 e. The van der Waals surface area contributed by atoms with Crippen LogP contribution in [0, 0.1) is 11.8 Å². The summed E-state index contributed by atoms with van der Waals surface area (Å²) in [6.07, 6.45) is 7.87. The van der Waals surface area contributed by atoms with E-state index in [4.69, 9.17) is 11.6 Å². The first kappa shape index (κ1) is 16.3. The van der Waals surface area contributed by atoms with Crippen LogP contribution in [0.25, 0.3) is 0 Å². The minimum Gasteiger partial charge on any atom is -0.229 e. The molecule has 0 aliphatic heterocycles. The molecule has 0 amide bonds. The summed E-state index contributed by atoms with van der Waals surface area (Å²) in [4.78, 5) is 0. The van der Waals surface area contributed by atoms with Gasteiger partial charge in [-0.05, 0) is 43.9 Å². The monoisotopic (exact) mass is 294 g/mol. The maximum atomic E-state index is 11.5. The van der Waals surface area contributed by atoms with Crippen molar-refractivity contribution in [2.24, 2.45) is 11.8 Å². The van der Waals surface area contributed by atoms with Crippen molar-refractivity contribution in [2.45, 2.75) is 64.2 Å². The van der Waals surface area contributed by atoms with E-state index in [0.717, 1.165) is 25.2 Å². The summed E-state index contributed by atoms with van der Waals surface area (Å²) < 4.78 is 22.9. The number of hydrogen-bond donors (Lipinski definition) is 0. The molecule has 0 radical (unpaired) electrons. The van der Waals surface area contributed by atoms with Gasteiger partial charge in [0.15, 0.2) is 0 Å². The van der Waals surface area contributed by atoms with Gasteiger partial charge in [0.1, 0.15) is 9.84 Å². The summed E-state index contributed by atoms with van der Waals surface area (Å²) >= 11 is 6.38. The molecule has 108 valence electrons. The third-order valence-electron chi connectivity index (χ3n) is 4.17. The molecule has 0 aromatic rings. The van der Waals surface area contributed by atoms with Crippen molar-refractivity contribution in [3.05, 3.63) is 0 Å². The van der Waals surface area contributed by atoms with Crippen LogP contribution >= 0.6 is 11.6 Å². The predicted octanol–water partition coefficient (Wildman–Crippen LogP) is 4.03. The minimum absolute atomic E-state index is 0.264. The summed E-state index contributed by atoms with van der Waals surface area (Å²) in [6, 6.07) is 0. The molecule has 1 aliphatic rings. The van der Waals surface area contributed by atoms with Gasteiger partial charge in [-0.25, -0.2) is 8.42 Å². The average Bonchev–Trinajstić information content (AvgIpc) is 2.33. The van der Waals surface area contributed by atoms with Gasteiger partial charge in [-0.2, -0.15) is 0 Å². The first-order chi connectivity index (χ1) is 8.48. The molecule has 3 unspecified atom stereocenters. The van der Waals surface area contributed by atoms with Gasteiger partial charge in [0.2, 0.25) is 0 Å². The third kappa shape index (κ3) is 5.48. The molecule has 1 rings (SSSR count). The van der Waals surface area contributed by atoms with E-state index in [0.29, 0.717) is 11.7 Å². The van der Waals surface area contributed by atoms with Gasteiger partial charge in [0, 0.05) is 11.1 Å². The van der Waals surface area contributed by atoms with Crippen molar-refractivity contribution in [3.63, 3.8) is 0 Å². The predicted molar refractivity (Wildman–Crippen MR) is 78.9 cm³/mol. The van der Waals surface area contributed by atoms with Crippen LogP contribution in [0.3, 0.4) is 0 Å². The maximum absolute atomic E-state index is 11.5. The van der Waals surface area contributed by atoms with E-state index in [-0.39, 0.29) is 11.1 Å². The van der Waals surface area contributed by atoms with Gasteiger partial charge in [-0.15, -0.1) is 11.6 Å². The highest BCUT2D eigenvalue weighted by Gasteiger charge is 2.28. The molecule has 1 aliphatic carbocycles. The zero-order valence-corrected chi connectivity index (χ0v) is 13.3. The molecule has 1 saturated carbocycles. The van der Waals surface area contributed by atoms with Crippen LogP contribution in [-0.2, 0) is 9.84 Å². The quantitative estimate of drug-likeness (QED) is 0.665. The number of hydrogen-bond acceptors (Lipinski definition) is 2. The fourth-order valence-corrected chi connectivity index (χ4v) is 4.25. The molecule has 0 aromatic carbocycles. The Balaban J connectivity index is 2.35. The van der Waals surface area contributed by atoms with Crippen LogP contribution in [0.15, 0.2) is 0 Å². The third-order valence-corrected chi connectivity index (χ3v) is 6.53. The summed E-state index contributed by atoms with van der Waals surface area (Å²) in [7, 11) is -2.80. The molecule has 4 heteroatoms. The summed E-state index contributed by atoms with van der Waals surface area (Å²) in [5.41, 5.74) is 0. The zero-order chi connectivity index (χ0) is 13.6. The van der Waals surface area contributed by atoms with E-state index in [1.54, 1.807) is 6.92 Å². The molecule has 1 fully saturated rings. The molecule has 3 atom stereocenters. The van der Waals surface area contributed by atoms with Gasteiger partial charge in [-0.3, -0.25) is 0 Å². The van der Waals surface area contributed by atoms with Crippen LogP contribution in [0.1, 0.15) is 58.8 Å². The summed E-state index contributed by atoms with van der Waals surface area (Å²) in [5.74, 6) is 1.95. The largest absolute Gasteiger partial charge is 0.229 e. The van der Waals surface area contributed by atoms with Gasteiger partial charge in [-0.1, -0.05) is 26.7 Å². The Kier molecular flexibility index (Phi) is 7.01. The van der Waals surface area contributed by atoms with E-state index in [9.17, 15) is 8.42 Å². The van der Waals surface area contributed by atoms with E-state index in [2.05, 4.69) is 6.92 Å². The highest BCUT2D eigenvalue weighted by atomic mass is 35.5. The molecule has 0 aromatic heterocycles. The van der Waals surface area contributed by atoms with Crippen molar-refractivity contribution < 1.29 is 8.42 Å². The molecule has 18 heavy (non-hydrogen) atoms. The lowest BCUT2D eigenvalue weighted by atomic mass is 9.77. The van der Waals surface area contributed by atoms with Gasteiger partial charge in [0.25, 0.3) is 0 Å². The lowest BCUT2D eigenvalue weighted by Crippen LogP contribution is -2.26. The van der Waals surface area contributed by atoms with Crippen molar-refractivity contribution in [2.75, 3.05) is 11.5 Å². The highest BCUT2D eigenvalue weighted by molar-refractivity contribution is 7.91. The van der Waals surface area contributed by atoms with Crippen molar-refractivity contribution in [1.29, 1.82) is 0 Å². The second-order valence-corrected chi connectivity index (χ2v) is 8.66. The molecule has 0 saturated heterocycles. The first-order valence-electron chi connectivity index (χ1n) is 7.33. The molecule has 0 N–H and O–H groups in total. The van der Waals surface area contributed by atoms with E-state index in [1.807, 2.05) is 0 Å². The van der Waals surface area contributed by atoms with Crippen molar-refractivity contribution >= 4 is 21.4 Å². The van der Waals surface area contributed by atoms with Gasteiger partial charge < -0.3 is 0 Å².